The van der Waals surface area contributed by atoms with Crippen LogP contribution in [0, 0.1) is 0 Å². The van der Waals surface area contributed by atoms with Gasteiger partial charge in [-0.05, 0) is 62.8 Å². The van der Waals surface area contributed by atoms with Gasteiger partial charge in [0.15, 0.2) is 0 Å². The molecule has 0 aliphatic carbocycles. The van der Waals surface area contributed by atoms with Crippen molar-refractivity contribution in [1.29, 1.82) is 0 Å². The molecule has 11 nitrogen and oxygen atoms in total. The number of carbonyl (C=O) groups is 2. The summed E-state index contributed by atoms with van der Waals surface area (Å²) < 4.78 is 5.79. The van der Waals surface area contributed by atoms with Crippen LogP contribution in [-0.2, 0) is 47.0 Å². The van der Waals surface area contributed by atoms with E-state index in [1.807, 2.05) is 59.6 Å². The highest BCUT2D eigenvalue weighted by Crippen LogP contribution is 2.22. The van der Waals surface area contributed by atoms with Crippen molar-refractivity contribution in [2.45, 2.75) is 45.1 Å². The molecule has 0 unspecified atom stereocenters. The molecule has 1 aliphatic rings. The van der Waals surface area contributed by atoms with Crippen molar-refractivity contribution in [3.8, 4) is 0 Å². The number of nitrogens with zero attached hydrogens (tertiary/aromatic N) is 7. The zero-order valence-electron chi connectivity index (χ0n) is 27.6. The Hall–Kier alpha value is -4.87. The Kier molecular flexibility index (Phi) is 13.6. The number of imidazole rings is 3. The molecule has 5 aromatic rings. The molecule has 0 radical (unpaired) electrons. The summed E-state index contributed by atoms with van der Waals surface area (Å²) in [6.07, 6.45) is 16.7. The number of rotatable bonds is 13. The van der Waals surface area contributed by atoms with Gasteiger partial charge in [0.05, 0.1) is 47.2 Å². The second-order valence-corrected chi connectivity index (χ2v) is 11.6. The molecule has 2 amide bonds. The lowest BCUT2D eigenvalue weighted by Gasteiger charge is -2.12. The van der Waals surface area contributed by atoms with Gasteiger partial charge in [-0.15, -0.1) is 0 Å². The third-order valence-corrected chi connectivity index (χ3v) is 7.52. The van der Waals surface area contributed by atoms with Gasteiger partial charge in [-0.25, -0.2) is 15.0 Å². The van der Waals surface area contributed by atoms with Crippen molar-refractivity contribution in [1.82, 2.24) is 38.9 Å². The second-order valence-electron chi connectivity index (χ2n) is 11.6. The zero-order valence-corrected chi connectivity index (χ0v) is 27.6. The van der Waals surface area contributed by atoms with Gasteiger partial charge in [-0.3, -0.25) is 14.5 Å². The number of benzene rings is 2. The van der Waals surface area contributed by atoms with Crippen molar-refractivity contribution in [3.63, 3.8) is 0 Å². The fraction of sp³-hybridized carbons (Fsp3) is 0.361. The number of imide groups is 1. The summed E-state index contributed by atoms with van der Waals surface area (Å²) in [5.74, 6) is -0.377. The average molecular weight is 639 g/mol. The molecule has 0 saturated carbocycles. The van der Waals surface area contributed by atoms with Crippen LogP contribution in [0.3, 0.4) is 0 Å². The summed E-state index contributed by atoms with van der Waals surface area (Å²) in [6.45, 7) is 2.66. The number of fused-ring (bicyclic) bond motifs is 1. The van der Waals surface area contributed by atoms with Crippen molar-refractivity contribution in [2.75, 3.05) is 19.7 Å². The van der Waals surface area contributed by atoms with E-state index < -0.39 is 0 Å². The Morgan fingerprint density at radius 1 is 0.638 bits per heavy atom. The van der Waals surface area contributed by atoms with Crippen LogP contribution in [0.15, 0.2) is 92.2 Å². The molecule has 0 atom stereocenters. The van der Waals surface area contributed by atoms with Crippen LogP contribution in [0.5, 0.6) is 0 Å². The summed E-state index contributed by atoms with van der Waals surface area (Å²) >= 11 is 0. The van der Waals surface area contributed by atoms with E-state index >= 15 is 0 Å². The third kappa shape index (κ3) is 11.2. The molecule has 0 fully saturated rings. The second kappa shape index (κ2) is 18.3. The van der Waals surface area contributed by atoms with Gasteiger partial charge >= 0.3 is 0 Å². The number of amides is 2. The minimum absolute atomic E-state index is 0.188. The number of aryl methyl sites for hydroxylation is 6. The Bertz CT molecular complexity index is 1640. The van der Waals surface area contributed by atoms with Gasteiger partial charge in [-0.1, -0.05) is 42.5 Å². The monoisotopic (exact) mass is 638 g/mol. The maximum Gasteiger partial charge on any atom is 0.261 e. The first-order valence-corrected chi connectivity index (χ1v) is 16.0. The zero-order chi connectivity index (χ0) is 33.4. The Morgan fingerprint density at radius 2 is 1.11 bits per heavy atom. The molecule has 47 heavy (non-hydrogen) atoms. The molecule has 0 spiro atoms. The lowest BCUT2D eigenvalue weighted by Crippen LogP contribution is -2.30. The van der Waals surface area contributed by atoms with Crippen molar-refractivity contribution < 1.29 is 14.7 Å². The molecule has 3 aromatic heterocycles. The molecule has 2 N–H and O–H groups in total. The van der Waals surface area contributed by atoms with E-state index in [0.717, 1.165) is 63.0 Å². The molecule has 1 aliphatic heterocycles. The summed E-state index contributed by atoms with van der Waals surface area (Å²) in [5.41, 5.74) is 5.56. The largest absolute Gasteiger partial charge is 0.396 e. The number of aliphatic hydroxyl groups excluding tert-OH is 1. The first-order chi connectivity index (χ1) is 22.8. The number of nitrogens with one attached hydrogen (secondary N) is 1. The summed E-state index contributed by atoms with van der Waals surface area (Å²) in [7, 11) is 5.86. The standard InChI is InChI=1S/C15H15N3O2.C14H19N3.C7H12N2O/c1-17-9-11(16-10-17)5-4-8-18-14(19)12-6-2-3-7-13(12)15(18)20;1-17-11-14(16-12-17)8-5-9-15-10-13-6-3-2-4-7-13;1-9-5-7(8-6-9)3-2-4-10/h2-3,6-7,9-10H,4-5,8H2,1H3;2-4,6-7,11-12,15H,5,8-10H2,1H3;5-6,10H,2-4H2,1H3. The molecular weight excluding hydrogens is 592 g/mol. The van der Waals surface area contributed by atoms with E-state index in [0.29, 0.717) is 17.7 Å². The van der Waals surface area contributed by atoms with Crippen LogP contribution >= 0.6 is 0 Å². The molecule has 4 heterocycles. The van der Waals surface area contributed by atoms with Gasteiger partial charge in [0.25, 0.3) is 11.8 Å². The van der Waals surface area contributed by atoms with E-state index in [4.69, 9.17) is 5.11 Å². The first kappa shape index (κ1) is 35.0. The lowest BCUT2D eigenvalue weighted by molar-refractivity contribution is 0.0652. The average Bonchev–Trinajstić information content (AvgIpc) is 3.86. The third-order valence-electron chi connectivity index (χ3n) is 7.52. The Labute approximate surface area is 276 Å². The molecule has 11 heteroatoms. The number of aliphatic hydroxyl groups is 1. The highest BCUT2D eigenvalue weighted by Gasteiger charge is 2.34. The molecule has 0 saturated heterocycles. The SMILES string of the molecule is Cn1cnc(CCCN2C(=O)c3ccccc3C2=O)c1.Cn1cnc(CCCNCc2ccccc2)c1.Cn1cnc(CCCO)c1. The molecular formula is C36H46N8O3. The molecule has 2 aromatic carbocycles. The smallest absolute Gasteiger partial charge is 0.261 e. The van der Waals surface area contributed by atoms with E-state index in [-0.39, 0.29) is 18.4 Å². The summed E-state index contributed by atoms with van der Waals surface area (Å²) in [4.78, 5) is 38.2. The Balaban J connectivity index is 0.000000169. The summed E-state index contributed by atoms with van der Waals surface area (Å²) in [5, 5.41) is 11.9. The summed E-state index contributed by atoms with van der Waals surface area (Å²) in [6, 6.07) is 17.4. The van der Waals surface area contributed by atoms with Crippen LogP contribution in [0.4, 0.5) is 0 Å². The number of aromatic nitrogens is 6. The van der Waals surface area contributed by atoms with E-state index in [9.17, 15) is 9.59 Å². The van der Waals surface area contributed by atoms with Crippen LogP contribution in [0.25, 0.3) is 0 Å². The predicted molar refractivity (Wildman–Crippen MR) is 182 cm³/mol. The van der Waals surface area contributed by atoms with Crippen molar-refractivity contribution in [3.05, 3.63) is 126 Å². The van der Waals surface area contributed by atoms with Crippen molar-refractivity contribution >= 4 is 11.8 Å². The maximum absolute atomic E-state index is 12.1. The Morgan fingerprint density at radius 3 is 1.57 bits per heavy atom. The van der Waals surface area contributed by atoms with E-state index in [2.05, 4.69) is 50.7 Å². The molecule has 0 bridgehead atoms. The number of carbonyl (C=O) groups excluding carboxylic acids is 2. The fourth-order valence-electron chi connectivity index (χ4n) is 5.13. The number of hydrogen-bond donors (Lipinski definition) is 2. The van der Waals surface area contributed by atoms with Crippen LogP contribution in [0.2, 0.25) is 0 Å². The fourth-order valence-corrected chi connectivity index (χ4v) is 5.13. The highest BCUT2D eigenvalue weighted by atomic mass is 16.3. The van der Waals surface area contributed by atoms with Gasteiger partial charge in [-0.2, -0.15) is 0 Å². The lowest BCUT2D eigenvalue weighted by atomic mass is 10.1. The minimum Gasteiger partial charge on any atom is -0.396 e. The van der Waals surface area contributed by atoms with Crippen LogP contribution in [-0.4, -0.2) is 70.2 Å². The topological polar surface area (TPSA) is 123 Å². The van der Waals surface area contributed by atoms with Gasteiger partial charge in [0.2, 0.25) is 0 Å². The van der Waals surface area contributed by atoms with Crippen LogP contribution < -0.4 is 5.32 Å². The normalized spacial score (nSPS) is 12.0. The minimum atomic E-state index is -0.188. The van der Waals surface area contributed by atoms with Gasteiger partial charge in [0, 0.05) is 59.4 Å². The molecule has 248 valence electrons. The van der Waals surface area contributed by atoms with E-state index in [1.165, 1.54) is 16.2 Å². The van der Waals surface area contributed by atoms with Crippen molar-refractivity contribution in [2.24, 2.45) is 21.1 Å². The van der Waals surface area contributed by atoms with E-state index in [1.54, 1.807) is 36.9 Å². The van der Waals surface area contributed by atoms with Gasteiger partial charge < -0.3 is 24.1 Å². The maximum atomic E-state index is 12.1. The molecule has 6 rings (SSSR count). The first-order valence-electron chi connectivity index (χ1n) is 16.0. The predicted octanol–water partition coefficient (Wildman–Crippen LogP) is 4.14. The quantitative estimate of drug-likeness (QED) is 0.147. The number of hydrogen-bond acceptors (Lipinski definition) is 7. The highest BCUT2D eigenvalue weighted by molar-refractivity contribution is 6.21. The van der Waals surface area contributed by atoms with Gasteiger partial charge in [0.1, 0.15) is 0 Å². The van der Waals surface area contributed by atoms with Crippen LogP contribution in [0.1, 0.15) is 62.6 Å².